The van der Waals surface area contributed by atoms with Crippen molar-refractivity contribution in [2.45, 2.75) is 26.7 Å². The van der Waals surface area contributed by atoms with Crippen molar-refractivity contribution >= 4 is 11.6 Å². The number of hydrogen-bond donors (Lipinski definition) is 1. The van der Waals surface area contributed by atoms with E-state index in [4.69, 9.17) is 9.47 Å². The predicted molar refractivity (Wildman–Crippen MR) is 85.6 cm³/mol. The van der Waals surface area contributed by atoms with Crippen molar-refractivity contribution in [1.29, 1.82) is 0 Å². The van der Waals surface area contributed by atoms with Crippen molar-refractivity contribution in [3.05, 3.63) is 42.1 Å². The number of rotatable bonds is 6. The van der Waals surface area contributed by atoms with Gasteiger partial charge in [0.05, 0.1) is 19.0 Å². The molecule has 0 fully saturated rings. The smallest absolute Gasteiger partial charge is 0.224 e. The Balaban J connectivity index is 2.07. The van der Waals surface area contributed by atoms with Crippen molar-refractivity contribution in [3.8, 4) is 17.4 Å². The Labute approximate surface area is 130 Å². The lowest BCUT2D eigenvalue weighted by molar-refractivity contribution is -0.116. The molecule has 2 rings (SSSR count). The molecule has 1 N–H and O–H groups in total. The molecule has 116 valence electrons. The fourth-order valence-electron chi connectivity index (χ4n) is 1.94. The summed E-state index contributed by atoms with van der Waals surface area (Å²) in [5.74, 6) is 1.68. The monoisotopic (exact) mass is 300 g/mol. The zero-order chi connectivity index (χ0) is 15.9. The average molecular weight is 300 g/mol. The highest BCUT2D eigenvalue weighted by molar-refractivity contribution is 5.90. The summed E-state index contributed by atoms with van der Waals surface area (Å²) in [5, 5.41) is 2.78. The third-order valence-corrected chi connectivity index (χ3v) is 3.03. The van der Waals surface area contributed by atoms with Crippen LogP contribution in [0.15, 0.2) is 36.5 Å². The fraction of sp³-hybridized carbons (Fsp3) is 0.294. The van der Waals surface area contributed by atoms with Gasteiger partial charge in [0.25, 0.3) is 0 Å². The number of nitrogens with zero attached hydrogens (tertiary/aromatic N) is 1. The summed E-state index contributed by atoms with van der Waals surface area (Å²) in [7, 11) is 1.60. The van der Waals surface area contributed by atoms with E-state index in [-0.39, 0.29) is 5.91 Å². The molecule has 22 heavy (non-hydrogen) atoms. The van der Waals surface area contributed by atoms with Crippen molar-refractivity contribution in [2.24, 2.45) is 0 Å². The maximum Gasteiger partial charge on any atom is 0.224 e. The number of carbonyl (C=O) groups excluding carboxylic acids is 1. The van der Waals surface area contributed by atoms with E-state index in [2.05, 4.69) is 10.3 Å². The molecule has 5 nitrogen and oxygen atoms in total. The van der Waals surface area contributed by atoms with Crippen LogP contribution in [0.1, 0.15) is 25.3 Å². The van der Waals surface area contributed by atoms with E-state index in [1.54, 1.807) is 25.4 Å². The highest BCUT2D eigenvalue weighted by Crippen LogP contribution is 2.31. The summed E-state index contributed by atoms with van der Waals surface area (Å²) >= 11 is 0. The van der Waals surface area contributed by atoms with Crippen LogP contribution in [-0.2, 0) is 4.79 Å². The van der Waals surface area contributed by atoms with Gasteiger partial charge in [0.1, 0.15) is 0 Å². The van der Waals surface area contributed by atoms with Crippen LogP contribution < -0.4 is 14.8 Å². The lowest BCUT2D eigenvalue weighted by Gasteiger charge is -2.10. The normalized spacial score (nSPS) is 10.1. The first-order chi connectivity index (χ1) is 10.6. The van der Waals surface area contributed by atoms with Crippen molar-refractivity contribution < 1.29 is 14.3 Å². The second kappa shape index (κ2) is 7.45. The van der Waals surface area contributed by atoms with E-state index in [9.17, 15) is 4.79 Å². The molecule has 0 aliphatic carbocycles. The molecule has 0 spiro atoms. The lowest BCUT2D eigenvalue weighted by atomic mass is 10.2. The lowest BCUT2D eigenvalue weighted by Crippen LogP contribution is -2.10. The van der Waals surface area contributed by atoms with Gasteiger partial charge in [-0.2, -0.15) is 0 Å². The van der Waals surface area contributed by atoms with Crippen LogP contribution in [0.4, 0.5) is 5.69 Å². The van der Waals surface area contributed by atoms with Crippen molar-refractivity contribution in [2.75, 3.05) is 12.4 Å². The minimum Gasteiger partial charge on any atom is -0.493 e. The Bertz CT molecular complexity index is 639. The molecule has 0 saturated carbocycles. The van der Waals surface area contributed by atoms with Gasteiger partial charge in [-0.05, 0) is 37.1 Å². The van der Waals surface area contributed by atoms with E-state index in [1.807, 2.05) is 32.0 Å². The number of amides is 1. The van der Waals surface area contributed by atoms with E-state index in [0.29, 0.717) is 29.5 Å². The van der Waals surface area contributed by atoms with Gasteiger partial charge >= 0.3 is 0 Å². The molecule has 0 saturated heterocycles. The van der Waals surface area contributed by atoms with Crippen LogP contribution in [0.3, 0.4) is 0 Å². The van der Waals surface area contributed by atoms with Gasteiger partial charge in [-0.25, -0.2) is 4.98 Å². The molecular weight excluding hydrogens is 280 g/mol. The van der Waals surface area contributed by atoms with Crippen molar-refractivity contribution in [1.82, 2.24) is 4.98 Å². The molecule has 0 aliphatic heterocycles. The number of pyridine rings is 1. The van der Waals surface area contributed by atoms with Gasteiger partial charge in [-0.1, -0.05) is 13.0 Å². The maximum atomic E-state index is 11.5. The summed E-state index contributed by atoms with van der Waals surface area (Å²) in [4.78, 5) is 15.7. The quantitative estimate of drug-likeness (QED) is 0.878. The Morgan fingerprint density at radius 1 is 1.23 bits per heavy atom. The molecule has 0 unspecified atom stereocenters. The first-order valence-corrected chi connectivity index (χ1v) is 7.20. The minimum absolute atomic E-state index is 0.0156. The van der Waals surface area contributed by atoms with E-state index in [0.717, 1.165) is 12.0 Å². The minimum atomic E-state index is -0.0156. The molecule has 5 heteroatoms. The predicted octanol–water partition coefficient (Wildman–Crippen LogP) is 3.93. The SMILES string of the molecule is CCCC(=O)Nc1ccc(Oc2ccc(C)cc2OC)nc1. The van der Waals surface area contributed by atoms with Gasteiger partial charge < -0.3 is 14.8 Å². The summed E-state index contributed by atoms with van der Waals surface area (Å²) in [6.45, 7) is 3.95. The first kappa shape index (κ1) is 15.8. The van der Waals surface area contributed by atoms with Gasteiger partial charge in [0.2, 0.25) is 11.8 Å². The van der Waals surface area contributed by atoms with Gasteiger partial charge in [0, 0.05) is 12.5 Å². The zero-order valence-electron chi connectivity index (χ0n) is 13.1. The molecule has 1 amide bonds. The first-order valence-electron chi connectivity index (χ1n) is 7.20. The van der Waals surface area contributed by atoms with Gasteiger partial charge in [0.15, 0.2) is 11.5 Å². The second-order valence-corrected chi connectivity index (χ2v) is 4.94. The number of aryl methyl sites for hydroxylation is 1. The number of hydrogen-bond acceptors (Lipinski definition) is 4. The van der Waals surface area contributed by atoms with Gasteiger partial charge in [-0.15, -0.1) is 0 Å². The number of benzene rings is 1. The number of ether oxygens (including phenoxy) is 2. The number of aromatic nitrogens is 1. The van der Waals surface area contributed by atoms with Crippen LogP contribution in [0.5, 0.6) is 17.4 Å². The molecule has 2 aromatic rings. The third kappa shape index (κ3) is 4.22. The molecule has 1 aromatic heterocycles. The van der Waals surface area contributed by atoms with E-state index < -0.39 is 0 Å². The maximum absolute atomic E-state index is 11.5. The molecule has 0 aliphatic rings. The molecular formula is C17H20N2O3. The Hall–Kier alpha value is -2.56. The van der Waals surface area contributed by atoms with Crippen LogP contribution in [0.2, 0.25) is 0 Å². The molecule has 1 heterocycles. The van der Waals surface area contributed by atoms with Crippen LogP contribution >= 0.6 is 0 Å². The summed E-state index contributed by atoms with van der Waals surface area (Å²) in [5.41, 5.74) is 1.74. The fourth-order valence-corrected chi connectivity index (χ4v) is 1.94. The van der Waals surface area contributed by atoms with E-state index >= 15 is 0 Å². The topological polar surface area (TPSA) is 60.5 Å². The number of methoxy groups -OCH3 is 1. The van der Waals surface area contributed by atoms with Crippen LogP contribution in [-0.4, -0.2) is 18.0 Å². The van der Waals surface area contributed by atoms with Crippen LogP contribution in [0.25, 0.3) is 0 Å². The van der Waals surface area contributed by atoms with Crippen molar-refractivity contribution in [3.63, 3.8) is 0 Å². The second-order valence-electron chi connectivity index (χ2n) is 4.94. The number of nitrogens with one attached hydrogen (secondary N) is 1. The average Bonchev–Trinajstić information content (AvgIpc) is 2.51. The highest BCUT2D eigenvalue weighted by atomic mass is 16.5. The van der Waals surface area contributed by atoms with Crippen LogP contribution in [0, 0.1) is 6.92 Å². The Kier molecular flexibility index (Phi) is 5.36. The third-order valence-electron chi connectivity index (χ3n) is 3.03. The molecule has 0 bridgehead atoms. The highest BCUT2D eigenvalue weighted by Gasteiger charge is 2.07. The molecule has 0 radical (unpaired) electrons. The Morgan fingerprint density at radius 2 is 2.05 bits per heavy atom. The van der Waals surface area contributed by atoms with Gasteiger partial charge in [-0.3, -0.25) is 4.79 Å². The number of carbonyl (C=O) groups is 1. The molecule has 1 aromatic carbocycles. The zero-order valence-corrected chi connectivity index (χ0v) is 13.1. The summed E-state index contributed by atoms with van der Waals surface area (Å²) in [6, 6.07) is 9.15. The largest absolute Gasteiger partial charge is 0.493 e. The Morgan fingerprint density at radius 3 is 2.68 bits per heavy atom. The summed E-state index contributed by atoms with van der Waals surface area (Å²) < 4.78 is 11.0. The molecule has 0 atom stereocenters. The summed E-state index contributed by atoms with van der Waals surface area (Å²) in [6.07, 6.45) is 2.88. The van der Waals surface area contributed by atoms with E-state index in [1.165, 1.54) is 0 Å². The standard InChI is InChI=1S/C17H20N2O3/c1-4-5-16(20)19-13-7-9-17(18-11-13)22-14-8-6-12(2)10-15(14)21-3/h6-11H,4-5H2,1-3H3,(H,19,20). The number of anilines is 1.